The molecular weight excluding hydrogens is 589 g/mol. The summed E-state index contributed by atoms with van der Waals surface area (Å²) in [5, 5.41) is 3.30. The summed E-state index contributed by atoms with van der Waals surface area (Å²) in [6.07, 6.45) is -3.43. The first-order chi connectivity index (χ1) is 18.7. The number of hydrogen-bond donors (Lipinski definition) is 1. The van der Waals surface area contributed by atoms with Gasteiger partial charge in [0.2, 0.25) is 5.78 Å². The van der Waals surface area contributed by atoms with Crippen LogP contribution >= 0.6 is 0 Å². The highest BCUT2D eigenvalue weighted by molar-refractivity contribution is 5.97. The maximum Gasteiger partial charge on any atom is 0.573 e. The number of fused-ring (bicyclic) bond motifs is 3. The summed E-state index contributed by atoms with van der Waals surface area (Å²) in [6, 6.07) is 23.2. The van der Waals surface area contributed by atoms with Crippen molar-refractivity contribution in [3.63, 3.8) is 0 Å². The molecule has 40 heavy (non-hydrogen) atoms. The minimum Gasteiger partial charge on any atom is -1.00 e. The number of nitrogens with one attached hydrogen (secondary N) is 1. The van der Waals surface area contributed by atoms with E-state index >= 15 is 0 Å². The van der Waals surface area contributed by atoms with Crippen LogP contribution in [0.1, 0.15) is 34.8 Å². The molecule has 1 N–H and O–H groups in total. The highest BCUT2D eigenvalue weighted by atomic mass is 79.9. The topological polar surface area (TPSA) is 64.6 Å². The molecule has 3 heterocycles. The summed E-state index contributed by atoms with van der Waals surface area (Å²) in [6.45, 7) is 2.32. The summed E-state index contributed by atoms with van der Waals surface area (Å²) in [5.74, 6) is -0.662. The first-order valence-electron chi connectivity index (χ1n) is 13.0. The lowest BCUT2D eigenvalue weighted by molar-refractivity contribution is -0.938. The number of carbonyl (C=O) groups excluding carboxylic acids is 2. The molecule has 3 aromatic carbocycles. The Morgan fingerprint density at radius 1 is 0.900 bits per heavy atom. The highest BCUT2D eigenvalue weighted by Gasteiger charge is 2.49. The number of para-hydroxylation sites is 1. The van der Waals surface area contributed by atoms with Crippen molar-refractivity contribution in [2.75, 3.05) is 31.5 Å². The minimum absolute atomic E-state index is 0. The van der Waals surface area contributed by atoms with Crippen LogP contribution in [0, 0.1) is 5.92 Å². The standard InChI is InChI=1S/C30H30F3N2O4.BrH/c31-30(32,33)39-25-13-11-21(12-14-25)26(36)19-35-17-15-22(16-18-35)27(20-35)38-29(37)28(23-7-3-1-4-8-23)34-24-9-5-2-6-10-24;/h1-14,22,27-28,34H,15-20H2;1H/q+1;/p-1/t22?,27-,28+,35?;/m0./s1. The number of halogens is 4. The molecule has 2 atom stereocenters. The number of piperidine rings is 3. The monoisotopic (exact) mass is 618 g/mol. The number of ether oxygens (including phenoxy) is 2. The third kappa shape index (κ3) is 7.22. The van der Waals surface area contributed by atoms with Crippen molar-refractivity contribution in [1.82, 2.24) is 0 Å². The summed E-state index contributed by atoms with van der Waals surface area (Å²) >= 11 is 0. The van der Waals surface area contributed by atoms with Crippen LogP contribution in [0.2, 0.25) is 0 Å². The Kier molecular flexibility index (Phi) is 9.20. The Morgan fingerprint density at radius 2 is 1.50 bits per heavy atom. The maximum absolute atomic E-state index is 13.5. The van der Waals surface area contributed by atoms with Gasteiger partial charge in [-0.1, -0.05) is 48.5 Å². The Labute approximate surface area is 241 Å². The lowest BCUT2D eigenvalue weighted by atomic mass is 9.82. The van der Waals surface area contributed by atoms with E-state index in [1.54, 1.807) is 0 Å². The third-order valence-electron chi connectivity index (χ3n) is 7.65. The molecule has 212 valence electrons. The van der Waals surface area contributed by atoms with Crippen LogP contribution in [-0.4, -0.2) is 54.9 Å². The number of Topliss-reactive ketones (excluding diaryl/α,β-unsaturated/α-hetero) is 1. The lowest BCUT2D eigenvalue weighted by Crippen LogP contribution is -3.00. The molecule has 0 unspecified atom stereocenters. The number of hydrogen-bond acceptors (Lipinski definition) is 5. The van der Waals surface area contributed by atoms with E-state index in [1.807, 2.05) is 60.7 Å². The summed E-state index contributed by atoms with van der Waals surface area (Å²) in [4.78, 5) is 26.6. The van der Waals surface area contributed by atoms with E-state index in [1.165, 1.54) is 12.1 Å². The fourth-order valence-corrected chi connectivity index (χ4v) is 5.66. The molecule has 3 aromatic rings. The first kappa shape index (κ1) is 29.6. The molecule has 6 nitrogen and oxygen atoms in total. The molecule has 3 saturated heterocycles. The molecule has 0 spiro atoms. The van der Waals surface area contributed by atoms with E-state index in [0.717, 1.165) is 49.3 Å². The van der Waals surface area contributed by atoms with Gasteiger partial charge in [-0.2, -0.15) is 0 Å². The molecule has 6 rings (SSSR count). The van der Waals surface area contributed by atoms with E-state index in [2.05, 4.69) is 10.1 Å². The van der Waals surface area contributed by atoms with Gasteiger partial charge in [0.15, 0.2) is 12.1 Å². The van der Waals surface area contributed by atoms with E-state index in [9.17, 15) is 22.8 Å². The van der Waals surface area contributed by atoms with Crippen LogP contribution in [0.25, 0.3) is 0 Å². The van der Waals surface area contributed by atoms with Crippen LogP contribution in [-0.2, 0) is 9.53 Å². The zero-order valence-electron chi connectivity index (χ0n) is 21.6. The smallest absolute Gasteiger partial charge is 0.573 e. The summed E-state index contributed by atoms with van der Waals surface area (Å²) in [5.41, 5.74) is 1.93. The zero-order chi connectivity index (χ0) is 27.5. The summed E-state index contributed by atoms with van der Waals surface area (Å²) in [7, 11) is 0. The average Bonchev–Trinajstić information content (AvgIpc) is 2.92. The van der Waals surface area contributed by atoms with Gasteiger partial charge >= 0.3 is 12.3 Å². The highest BCUT2D eigenvalue weighted by Crippen LogP contribution is 2.37. The van der Waals surface area contributed by atoms with Crippen molar-refractivity contribution in [3.8, 4) is 5.75 Å². The van der Waals surface area contributed by atoms with Crippen LogP contribution in [0.4, 0.5) is 18.9 Å². The van der Waals surface area contributed by atoms with Gasteiger partial charge in [-0.05, 0) is 42.0 Å². The number of alkyl halides is 3. The third-order valence-corrected chi connectivity index (χ3v) is 7.65. The number of nitrogens with zero attached hydrogens (tertiary/aromatic N) is 1. The second-order valence-corrected chi connectivity index (χ2v) is 10.3. The van der Waals surface area contributed by atoms with Gasteiger partial charge in [0.05, 0.1) is 13.1 Å². The van der Waals surface area contributed by atoms with E-state index in [-0.39, 0.29) is 53.1 Å². The fourth-order valence-electron chi connectivity index (χ4n) is 5.66. The number of quaternary nitrogens is 1. The van der Waals surface area contributed by atoms with E-state index < -0.39 is 12.4 Å². The molecule has 0 amide bonds. The molecule has 10 heteroatoms. The van der Waals surface area contributed by atoms with Gasteiger partial charge in [0.1, 0.15) is 18.8 Å². The van der Waals surface area contributed by atoms with Gasteiger partial charge in [-0.15, -0.1) is 13.2 Å². The molecule has 3 aliphatic rings. The average molecular weight is 619 g/mol. The largest absolute Gasteiger partial charge is 1.00 e. The van der Waals surface area contributed by atoms with Crippen molar-refractivity contribution in [1.29, 1.82) is 0 Å². The number of esters is 1. The van der Waals surface area contributed by atoms with Crippen LogP contribution in [0.15, 0.2) is 84.9 Å². The zero-order valence-corrected chi connectivity index (χ0v) is 23.2. The Bertz CT molecular complexity index is 1280. The number of rotatable bonds is 9. The molecule has 0 aromatic heterocycles. The van der Waals surface area contributed by atoms with E-state index in [0.29, 0.717) is 16.6 Å². The van der Waals surface area contributed by atoms with Gasteiger partial charge in [0.25, 0.3) is 0 Å². The molecular formula is C30H30BrF3N2O4. The number of carbonyl (C=O) groups is 2. The second kappa shape index (κ2) is 12.4. The molecule has 0 saturated carbocycles. The SMILES string of the molecule is O=C(C[N+]12CCC(CC1)[C@@H](OC(=O)[C@H](Nc1ccccc1)c1ccccc1)C2)c1ccc(OC(F)(F)F)cc1.[Br-]. The van der Waals surface area contributed by atoms with Crippen molar-refractivity contribution in [2.45, 2.75) is 31.3 Å². The molecule has 0 aliphatic carbocycles. The molecule has 0 radical (unpaired) electrons. The van der Waals surface area contributed by atoms with Crippen LogP contribution in [0.5, 0.6) is 5.75 Å². The predicted octanol–water partition coefficient (Wildman–Crippen LogP) is 2.78. The van der Waals surface area contributed by atoms with Crippen molar-refractivity contribution >= 4 is 17.4 Å². The fraction of sp³-hybridized carbons (Fsp3) is 0.333. The van der Waals surface area contributed by atoms with E-state index in [4.69, 9.17) is 4.74 Å². The first-order valence-corrected chi connectivity index (χ1v) is 13.0. The summed E-state index contributed by atoms with van der Waals surface area (Å²) < 4.78 is 47.9. The minimum atomic E-state index is -4.79. The molecule has 2 bridgehead atoms. The maximum atomic E-state index is 13.5. The van der Waals surface area contributed by atoms with Crippen molar-refractivity contribution in [2.24, 2.45) is 5.92 Å². The number of benzene rings is 3. The van der Waals surface area contributed by atoms with Gasteiger partial charge in [-0.3, -0.25) is 4.79 Å². The number of ketones is 1. The van der Waals surface area contributed by atoms with Crippen molar-refractivity contribution in [3.05, 3.63) is 96.1 Å². The second-order valence-electron chi connectivity index (χ2n) is 10.3. The molecule has 3 aliphatic heterocycles. The van der Waals surface area contributed by atoms with Crippen molar-refractivity contribution < 1.29 is 53.7 Å². The quantitative estimate of drug-likeness (QED) is 0.227. The van der Waals surface area contributed by atoms with Gasteiger partial charge in [0, 0.05) is 30.0 Å². The Morgan fingerprint density at radius 3 is 2.10 bits per heavy atom. The van der Waals surface area contributed by atoms with Gasteiger partial charge < -0.3 is 36.3 Å². The normalized spacial score (nSPS) is 22.5. The molecule has 3 fully saturated rings. The van der Waals surface area contributed by atoms with Gasteiger partial charge in [-0.25, -0.2) is 4.79 Å². The number of anilines is 1. The Balaban J connectivity index is 0.00000370. The predicted molar refractivity (Wildman–Crippen MR) is 139 cm³/mol. The Hall–Kier alpha value is -3.37. The lowest BCUT2D eigenvalue weighted by Gasteiger charge is -2.51. The van der Waals surface area contributed by atoms with Crippen LogP contribution in [0.3, 0.4) is 0 Å². The van der Waals surface area contributed by atoms with Crippen LogP contribution < -0.4 is 27.0 Å².